The Bertz CT molecular complexity index is 785. The summed E-state index contributed by atoms with van der Waals surface area (Å²) < 4.78 is 6.97. The fourth-order valence-electron chi connectivity index (χ4n) is 2.85. The molecule has 1 fully saturated rings. The van der Waals surface area contributed by atoms with Gasteiger partial charge in [-0.15, -0.1) is 0 Å². The molecule has 1 aliphatic rings. The van der Waals surface area contributed by atoms with Crippen LogP contribution in [0.5, 0.6) is 0 Å². The Balaban J connectivity index is 2.26. The van der Waals surface area contributed by atoms with E-state index in [1.54, 1.807) is 7.05 Å². The topological polar surface area (TPSA) is 162 Å². The van der Waals surface area contributed by atoms with Crippen LogP contribution in [0, 0.1) is 11.3 Å². The van der Waals surface area contributed by atoms with Gasteiger partial charge in [-0.2, -0.15) is 5.26 Å². The second-order valence-corrected chi connectivity index (χ2v) is 5.14. The van der Waals surface area contributed by atoms with Crippen LogP contribution >= 0.6 is 0 Å². The van der Waals surface area contributed by atoms with Crippen molar-refractivity contribution < 1.29 is 20.1 Å². The predicted octanol–water partition coefficient (Wildman–Crippen LogP) is -1.46. The minimum atomic E-state index is -1.31. The molecule has 2 aromatic heterocycles. The van der Waals surface area contributed by atoms with Gasteiger partial charge in [-0.05, 0) is 0 Å². The van der Waals surface area contributed by atoms with Crippen molar-refractivity contribution in [1.29, 1.82) is 5.26 Å². The van der Waals surface area contributed by atoms with E-state index in [2.05, 4.69) is 15.3 Å². The smallest absolute Gasteiger partial charge is 0.166 e. The van der Waals surface area contributed by atoms with Gasteiger partial charge in [-0.25, -0.2) is 9.97 Å². The molecule has 122 valence electrons. The number of aliphatic hydroxyl groups is 3. The van der Waals surface area contributed by atoms with Gasteiger partial charge in [-0.1, -0.05) is 0 Å². The first-order chi connectivity index (χ1) is 11.0. The van der Waals surface area contributed by atoms with E-state index < -0.39 is 31.1 Å². The standard InChI is InChI=1S/C13H16N6O4/c1-16-11-5(2-14)7-10(15)17-4-18-12(7)19(11)13-9(22)8(21)6(3-20)23-13/h4,6,8-9,13,16,20-22H,3H2,1H3,(H2,15,17,18)/t6-,8-,9-,13-/m1/s1. The van der Waals surface area contributed by atoms with Gasteiger partial charge in [0.2, 0.25) is 0 Å². The molecule has 6 N–H and O–H groups in total. The molecule has 0 spiro atoms. The van der Waals surface area contributed by atoms with Crippen molar-refractivity contribution in [1.82, 2.24) is 14.5 Å². The number of anilines is 2. The number of nitriles is 1. The van der Waals surface area contributed by atoms with Crippen LogP contribution in [0.3, 0.4) is 0 Å². The average molecular weight is 320 g/mol. The van der Waals surface area contributed by atoms with Gasteiger partial charge in [-0.3, -0.25) is 4.57 Å². The molecule has 4 atom stereocenters. The van der Waals surface area contributed by atoms with Crippen LogP contribution in [0.25, 0.3) is 11.0 Å². The number of nitrogen functional groups attached to an aromatic ring is 1. The van der Waals surface area contributed by atoms with Crippen molar-refractivity contribution in [2.75, 3.05) is 24.7 Å². The predicted molar refractivity (Wildman–Crippen MR) is 79.2 cm³/mol. The van der Waals surface area contributed by atoms with Crippen LogP contribution < -0.4 is 11.1 Å². The van der Waals surface area contributed by atoms with Crippen molar-refractivity contribution in [3.63, 3.8) is 0 Å². The summed E-state index contributed by atoms with van der Waals surface area (Å²) in [6.07, 6.45) is -3.32. The molecular weight excluding hydrogens is 304 g/mol. The Morgan fingerprint density at radius 2 is 2.17 bits per heavy atom. The summed E-state index contributed by atoms with van der Waals surface area (Å²) in [7, 11) is 1.59. The highest BCUT2D eigenvalue weighted by atomic mass is 16.6. The molecule has 0 aliphatic carbocycles. The van der Waals surface area contributed by atoms with E-state index in [1.165, 1.54) is 10.9 Å². The van der Waals surface area contributed by atoms with Crippen molar-refractivity contribution in [2.45, 2.75) is 24.5 Å². The lowest BCUT2D eigenvalue weighted by atomic mass is 10.1. The van der Waals surface area contributed by atoms with Crippen LogP contribution in [0.1, 0.15) is 11.8 Å². The molecule has 1 aliphatic heterocycles. The van der Waals surface area contributed by atoms with Gasteiger partial charge in [0, 0.05) is 7.05 Å². The van der Waals surface area contributed by atoms with E-state index in [1.807, 2.05) is 6.07 Å². The molecule has 2 aromatic rings. The maximum atomic E-state index is 10.3. The zero-order valence-electron chi connectivity index (χ0n) is 12.2. The van der Waals surface area contributed by atoms with Crippen molar-refractivity contribution in [3.8, 4) is 6.07 Å². The minimum absolute atomic E-state index is 0.119. The zero-order chi connectivity index (χ0) is 16.7. The summed E-state index contributed by atoms with van der Waals surface area (Å²) >= 11 is 0. The summed E-state index contributed by atoms with van der Waals surface area (Å²) in [5.74, 6) is 0.443. The van der Waals surface area contributed by atoms with Crippen molar-refractivity contribution in [2.24, 2.45) is 0 Å². The first-order valence-electron chi connectivity index (χ1n) is 6.89. The van der Waals surface area contributed by atoms with Gasteiger partial charge in [0.1, 0.15) is 47.9 Å². The van der Waals surface area contributed by atoms with E-state index >= 15 is 0 Å². The second kappa shape index (κ2) is 5.64. The summed E-state index contributed by atoms with van der Waals surface area (Å²) in [6, 6.07) is 2.03. The fraction of sp³-hybridized carbons (Fsp3) is 0.462. The summed E-state index contributed by atoms with van der Waals surface area (Å²) in [5, 5.41) is 42.1. The number of rotatable bonds is 3. The number of nitrogens with one attached hydrogen (secondary N) is 1. The molecule has 0 aromatic carbocycles. The van der Waals surface area contributed by atoms with Gasteiger partial charge in [0.15, 0.2) is 11.9 Å². The molecule has 0 bridgehead atoms. The maximum Gasteiger partial charge on any atom is 0.166 e. The monoisotopic (exact) mass is 320 g/mol. The van der Waals surface area contributed by atoms with E-state index in [0.29, 0.717) is 11.2 Å². The number of ether oxygens (including phenoxy) is 1. The zero-order valence-corrected chi connectivity index (χ0v) is 12.2. The summed E-state index contributed by atoms with van der Waals surface area (Å²) in [4.78, 5) is 8.00. The van der Waals surface area contributed by atoms with Crippen molar-refractivity contribution >= 4 is 22.7 Å². The Hall–Kier alpha value is -2.45. The third-order valence-corrected chi connectivity index (χ3v) is 3.93. The molecule has 10 heteroatoms. The molecule has 23 heavy (non-hydrogen) atoms. The number of fused-ring (bicyclic) bond motifs is 1. The Kier molecular flexibility index (Phi) is 3.78. The van der Waals surface area contributed by atoms with Gasteiger partial charge in [0.05, 0.1) is 12.0 Å². The number of hydrogen-bond acceptors (Lipinski definition) is 9. The first-order valence-corrected chi connectivity index (χ1v) is 6.89. The highest BCUT2D eigenvalue weighted by molar-refractivity contribution is 5.97. The third kappa shape index (κ3) is 2.10. The Morgan fingerprint density at radius 1 is 1.43 bits per heavy atom. The number of aliphatic hydroxyl groups excluding tert-OH is 3. The molecule has 10 nitrogen and oxygen atoms in total. The quantitative estimate of drug-likeness (QED) is 0.454. The Morgan fingerprint density at radius 3 is 2.74 bits per heavy atom. The molecule has 3 rings (SSSR count). The second-order valence-electron chi connectivity index (χ2n) is 5.14. The Labute approximate surface area is 130 Å². The van der Waals surface area contributed by atoms with Crippen LogP contribution in [0.4, 0.5) is 11.6 Å². The number of aromatic nitrogens is 3. The van der Waals surface area contributed by atoms with Crippen LogP contribution in [0.2, 0.25) is 0 Å². The molecule has 0 saturated carbocycles. The van der Waals surface area contributed by atoms with Gasteiger partial charge in [0.25, 0.3) is 0 Å². The van der Waals surface area contributed by atoms with Gasteiger partial charge >= 0.3 is 0 Å². The molecule has 0 radical (unpaired) electrons. The highest BCUT2D eigenvalue weighted by Crippen LogP contribution is 2.39. The molecule has 3 heterocycles. The molecule has 0 amide bonds. The maximum absolute atomic E-state index is 10.3. The lowest BCUT2D eigenvalue weighted by Crippen LogP contribution is -2.33. The SMILES string of the molecule is CNc1c(C#N)c2c(N)ncnc2n1[C@@H]1O[C@H](CO)[C@@H](O)[C@H]1O. The lowest BCUT2D eigenvalue weighted by Gasteiger charge is -2.20. The van der Waals surface area contributed by atoms with Crippen LogP contribution in [-0.2, 0) is 4.74 Å². The van der Waals surface area contributed by atoms with Gasteiger partial charge < -0.3 is 31.1 Å². The van der Waals surface area contributed by atoms with Crippen LogP contribution in [0.15, 0.2) is 6.33 Å². The molecular formula is C13H16N6O4. The molecule has 1 saturated heterocycles. The largest absolute Gasteiger partial charge is 0.394 e. The van der Waals surface area contributed by atoms with Crippen molar-refractivity contribution in [3.05, 3.63) is 11.9 Å². The lowest BCUT2D eigenvalue weighted by molar-refractivity contribution is -0.0499. The highest BCUT2D eigenvalue weighted by Gasteiger charge is 2.45. The number of nitrogens with two attached hydrogens (primary N) is 1. The summed E-state index contributed by atoms with van der Waals surface area (Å²) in [5.41, 5.74) is 6.34. The van der Waals surface area contributed by atoms with E-state index in [4.69, 9.17) is 10.5 Å². The summed E-state index contributed by atoms with van der Waals surface area (Å²) in [6.45, 7) is -0.453. The number of hydrogen-bond donors (Lipinski definition) is 5. The third-order valence-electron chi connectivity index (χ3n) is 3.93. The normalized spacial score (nSPS) is 27.3. The fourth-order valence-corrected chi connectivity index (χ4v) is 2.85. The van der Waals surface area contributed by atoms with Crippen LogP contribution in [-0.4, -0.2) is 61.8 Å². The van der Waals surface area contributed by atoms with E-state index in [-0.39, 0.29) is 17.0 Å². The van der Waals surface area contributed by atoms with E-state index in [0.717, 1.165) is 0 Å². The number of nitrogens with zero attached hydrogens (tertiary/aromatic N) is 4. The molecule has 0 unspecified atom stereocenters. The average Bonchev–Trinajstić information content (AvgIpc) is 3.03. The van der Waals surface area contributed by atoms with E-state index in [9.17, 15) is 20.6 Å². The minimum Gasteiger partial charge on any atom is -0.394 e. The first kappa shape index (κ1) is 15.4.